The number of aromatic nitrogens is 3. The van der Waals surface area contributed by atoms with Gasteiger partial charge >= 0.3 is 5.97 Å². The van der Waals surface area contributed by atoms with Gasteiger partial charge in [-0.25, -0.2) is 14.8 Å². The van der Waals surface area contributed by atoms with E-state index in [-0.39, 0.29) is 17.7 Å². The summed E-state index contributed by atoms with van der Waals surface area (Å²) in [6.45, 7) is -0.0343. The Morgan fingerprint density at radius 3 is 2.84 bits per heavy atom. The molecule has 3 rings (SSSR count). The van der Waals surface area contributed by atoms with Gasteiger partial charge in [-0.3, -0.25) is 4.79 Å². The minimum atomic E-state index is -0.649. The first kappa shape index (κ1) is 16.1. The highest BCUT2D eigenvalue weighted by Gasteiger charge is 2.14. The van der Waals surface area contributed by atoms with Crippen LogP contribution in [0.3, 0.4) is 0 Å². The van der Waals surface area contributed by atoms with Gasteiger partial charge in [-0.1, -0.05) is 12.1 Å². The second-order valence-electron chi connectivity index (χ2n) is 5.22. The molecule has 2 N–H and O–H groups in total. The monoisotopic (exact) mass is 335 g/mol. The van der Waals surface area contributed by atoms with Gasteiger partial charge in [-0.15, -0.1) is 0 Å². The molecular formula is C17H13N5O3. The summed E-state index contributed by atoms with van der Waals surface area (Å²) >= 11 is 0. The normalized spacial score (nSPS) is 10.4. The number of pyridine rings is 1. The van der Waals surface area contributed by atoms with E-state index in [2.05, 4.69) is 14.7 Å². The first-order valence-corrected chi connectivity index (χ1v) is 7.27. The number of benzene rings is 1. The highest BCUT2D eigenvalue weighted by molar-refractivity contribution is 5.89. The molecule has 0 unspecified atom stereocenters. The summed E-state index contributed by atoms with van der Waals surface area (Å²) in [5, 5.41) is 9.81. The summed E-state index contributed by atoms with van der Waals surface area (Å²) < 4.78 is 5.83. The summed E-state index contributed by atoms with van der Waals surface area (Å²) in [6, 6.07) is 10.2. The third-order valence-corrected chi connectivity index (χ3v) is 3.62. The zero-order valence-electron chi connectivity index (χ0n) is 13.3. The first-order valence-electron chi connectivity index (χ1n) is 7.27. The lowest BCUT2D eigenvalue weighted by Gasteiger charge is -2.09. The molecule has 0 fully saturated rings. The summed E-state index contributed by atoms with van der Waals surface area (Å²) in [4.78, 5) is 32.6. The van der Waals surface area contributed by atoms with Gasteiger partial charge in [0, 0.05) is 11.6 Å². The minimum Gasteiger partial charge on any atom is -0.465 e. The molecule has 0 atom stereocenters. The van der Waals surface area contributed by atoms with Crippen molar-refractivity contribution in [2.45, 2.75) is 6.54 Å². The van der Waals surface area contributed by atoms with Crippen LogP contribution in [0.2, 0.25) is 0 Å². The maximum absolute atomic E-state index is 12.3. The van der Waals surface area contributed by atoms with Crippen LogP contribution in [0.4, 0.5) is 5.82 Å². The highest BCUT2D eigenvalue weighted by atomic mass is 16.5. The van der Waals surface area contributed by atoms with Gasteiger partial charge in [0.25, 0.3) is 5.56 Å². The standard InChI is InChI=1S/C17H13N5O3/c1-25-17(24)11-6-10(7-18)16(23)22(8-11)9-14-20-13-5-3-2-4-12(13)15(19)21-14/h2-6,8H,9H2,1H3,(H2,19,20,21). The molecule has 8 heteroatoms. The summed E-state index contributed by atoms with van der Waals surface area (Å²) in [5.41, 5.74) is 5.95. The van der Waals surface area contributed by atoms with E-state index in [1.54, 1.807) is 18.2 Å². The summed E-state index contributed by atoms with van der Waals surface area (Å²) in [5.74, 6) is -0.0633. The smallest absolute Gasteiger partial charge is 0.339 e. The maximum atomic E-state index is 12.3. The van der Waals surface area contributed by atoms with Crippen LogP contribution in [0.15, 0.2) is 41.3 Å². The van der Waals surface area contributed by atoms with Crippen LogP contribution in [0.5, 0.6) is 0 Å². The molecule has 0 aliphatic carbocycles. The van der Waals surface area contributed by atoms with Crippen LogP contribution in [-0.2, 0) is 11.3 Å². The number of fused-ring (bicyclic) bond motifs is 1. The number of carbonyl (C=O) groups is 1. The van der Waals surface area contributed by atoms with Crippen LogP contribution in [0.25, 0.3) is 10.9 Å². The number of nitrogen functional groups attached to an aromatic ring is 1. The molecule has 3 aromatic rings. The van der Waals surface area contributed by atoms with E-state index in [4.69, 9.17) is 11.0 Å². The average Bonchev–Trinajstić information content (AvgIpc) is 2.62. The molecule has 1 aromatic carbocycles. The van der Waals surface area contributed by atoms with Gasteiger partial charge in [-0.2, -0.15) is 5.26 Å². The zero-order valence-corrected chi connectivity index (χ0v) is 13.3. The summed E-state index contributed by atoms with van der Waals surface area (Å²) in [7, 11) is 1.22. The van der Waals surface area contributed by atoms with Crippen molar-refractivity contribution in [1.82, 2.24) is 14.5 Å². The molecule has 0 amide bonds. The number of anilines is 1. The number of carbonyl (C=O) groups excluding carboxylic acids is 1. The lowest BCUT2D eigenvalue weighted by molar-refractivity contribution is 0.0599. The van der Waals surface area contributed by atoms with Crippen molar-refractivity contribution in [2.24, 2.45) is 0 Å². The van der Waals surface area contributed by atoms with Crippen molar-refractivity contribution in [2.75, 3.05) is 12.8 Å². The second kappa shape index (κ2) is 6.41. The summed E-state index contributed by atoms with van der Waals surface area (Å²) in [6.07, 6.45) is 1.31. The van der Waals surface area contributed by atoms with Crippen LogP contribution in [0.1, 0.15) is 21.7 Å². The zero-order chi connectivity index (χ0) is 18.0. The Morgan fingerprint density at radius 1 is 1.36 bits per heavy atom. The highest BCUT2D eigenvalue weighted by Crippen LogP contribution is 2.17. The number of nitrogens with two attached hydrogens (primary N) is 1. The van der Waals surface area contributed by atoms with E-state index in [1.165, 1.54) is 23.9 Å². The molecule has 0 saturated carbocycles. The van der Waals surface area contributed by atoms with E-state index in [0.29, 0.717) is 22.5 Å². The van der Waals surface area contributed by atoms with E-state index >= 15 is 0 Å². The lowest BCUT2D eigenvalue weighted by atomic mass is 10.2. The number of para-hydroxylation sites is 1. The van der Waals surface area contributed by atoms with Crippen LogP contribution >= 0.6 is 0 Å². The molecule has 2 aromatic heterocycles. The Hall–Kier alpha value is -3.73. The molecular weight excluding hydrogens is 322 g/mol. The third-order valence-electron chi connectivity index (χ3n) is 3.62. The fourth-order valence-electron chi connectivity index (χ4n) is 2.44. The molecule has 0 saturated heterocycles. The van der Waals surface area contributed by atoms with Crippen LogP contribution in [-0.4, -0.2) is 27.6 Å². The van der Waals surface area contributed by atoms with Gasteiger partial charge in [0.1, 0.15) is 17.5 Å². The Labute approximate surface area is 142 Å². The van der Waals surface area contributed by atoms with E-state index in [9.17, 15) is 9.59 Å². The quantitative estimate of drug-likeness (QED) is 0.710. The third kappa shape index (κ3) is 3.03. The van der Waals surface area contributed by atoms with Crippen LogP contribution < -0.4 is 11.3 Å². The number of methoxy groups -OCH3 is 1. The largest absolute Gasteiger partial charge is 0.465 e. The van der Waals surface area contributed by atoms with Crippen molar-refractivity contribution < 1.29 is 9.53 Å². The molecule has 0 aliphatic rings. The van der Waals surface area contributed by atoms with Crippen molar-refractivity contribution in [1.29, 1.82) is 5.26 Å². The molecule has 8 nitrogen and oxygen atoms in total. The predicted molar refractivity (Wildman–Crippen MR) is 89.8 cm³/mol. The molecule has 124 valence electrons. The minimum absolute atomic E-state index is 0.0343. The van der Waals surface area contributed by atoms with E-state index in [1.807, 2.05) is 12.1 Å². The molecule has 0 spiro atoms. The fraction of sp³-hybridized carbons (Fsp3) is 0.118. The van der Waals surface area contributed by atoms with E-state index in [0.717, 1.165) is 0 Å². The molecule has 0 aliphatic heterocycles. The molecule has 0 bridgehead atoms. The van der Waals surface area contributed by atoms with Gasteiger partial charge < -0.3 is 15.0 Å². The number of ether oxygens (including phenoxy) is 1. The van der Waals surface area contributed by atoms with E-state index < -0.39 is 11.5 Å². The van der Waals surface area contributed by atoms with Crippen molar-refractivity contribution in [3.63, 3.8) is 0 Å². The fourth-order valence-corrected chi connectivity index (χ4v) is 2.44. The lowest BCUT2D eigenvalue weighted by Crippen LogP contribution is -2.25. The Kier molecular flexibility index (Phi) is 4.14. The van der Waals surface area contributed by atoms with Crippen LogP contribution in [0, 0.1) is 11.3 Å². The van der Waals surface area contributed by atoms with Gasteiger partial charge in [-0.05, 0) is 18.2 Å². The van der Waals surface area contributed by atoms with Gasteiger partial charge in [0.05, 0.1) is 24.7 Å². The maximum Gasteiger partial charge on any atom is 0.339 e. The second-order valence-corrected chi connectivity index (χ2v) is 5.22. The van der Waals surface area contributed by atoms with Crippen molar-refractivity contribution in [3.8, 4) is 6.07 Å². The van der Waals surface area contributed by atoms with Gasteiger partial charge in [0.2, 0.25) is 0 Å². The molecule has 2 heterocycles. The Balaban J connectivity index is 2.10. The number of hydrogen-bond donors (Lipinski definition) is 1. The topological polar surface area (TPSA) is 124 Å². The Bertz CT molecular complexity index is 1080. The van der Waals surface area contributed by atoms with Gasteiger partial charge in [0.15, 0.2) is 5.82 Å². The molecule has 0 radical (unpaired) electrons. The van der Waals surface area contributed by atoms with Crippen molar-refractivity contribution in [3.05, 3.63) is 63.8 Å². The number of rotatable bonds is 3. The molecule has 25 heavy (non-hydrogen) atoms. The Morgan fingerprint density at radius 2 is 2.12 bits per heavy atom. The average molecular weight is 335 g/mol. The number of nitriles is 1. The number of nitrogens with zero attached hydrogens (tertiary/aromatic N) is 4. The SMILES string of the molecule is COC(=O)c1cc(C#N)c(=O)n(Cc2nc(N)c3ccccc3n2)c1. The number of hydrogen-bond acceptors (Lipinski definition) is 7. The van der Waals surface area contributed by atoms with Crippen molar-refractivity contribution >= 4 is 22.7 Å². The number of esters is 1. The predicted octanol–water partition coefficient (Wildman–Crippen LogP) is 1.08. The first-order chi connectivity index (χ1) is 12.0.